The van der Waals surface area contributed by atoms with Crippen LogP contribution in [0.4, 0.5) is 5.69 Å². The van der Waals surface area contributed by atoms with Gasteiger partial charge in [0.15, 0.2) is 0 Å². The Kier molecular flexibility index (Phi) is 3.55. The van der Waals surface area contributed by atoms with Crippen molar-refractivity contribution in [2.75, 3.05) is 12.4 Å². The summed E-state index contributed by atoms with van der Waals surface area (Å²) in [6.07, 6.45) is 0. The Morgan fingerprint density at radius 3 is 2.67 bits per heavy atom. The maximum atomic E-state index is 5.53. The van der Waals surface area contributed by atoms with E-state index < -0.39 is 0 Å². The highest BCUT2D eigenvalue weighted by atomic mass is 16.5. The summed E-state index contributed by atoms with van der Waals surface area (Å²) in [5.74, 6) is 2.41. The van der Waals surface area contributed by atoms with Crippen molar-refractivity contribution in [3.63, 3.8) is 0 Å². The average molecular weight is 246 g/mol. The minimum absolute atomic E-state index is 0.572. The number of anilines is 1. The molecule has 0 fully saturated rings. The second kappa shape index (κ2) is 5.12. The van der Waals surface area contributed by atoms with Crippen LogP contribution in [0.25, 0.3) is 0 Å². The molecule has 0 aliphatic rings. The molecule has 0 aliphatic heterocycles. The summed E-state index contributed by atoms with van der Waals surface area (Å²) < 4.78 is 10.7. The van der Waals surface area contributed by atoms with E-state index in [0.717, 1.165) is 28.5 Å². The molecule has 2 rings (SSSR count). The number of oxazole rings is 1. The van der Waals surface area contributed by atoms with Gasteiger partial charge in [0.2, 0.25) is 5.89 Å². The van der Waals surface area contributed by atoms with Crippen LogP contribution in [0, 0.1) is 20.8 Å². The fourth-order valence-corrected chi connectivity index (χ4v) is 1.70. The highest BCUT2D eigenvalue weighted by Crippen LogP contribution is 2.22. The number of ether oxygens (including phenoxy) is 1. The van der Waals surface area contributed by atoms with Gasteiger partial charge in [-0.15, -0.1) is 0 Å². The van der Waals surface area contributed by atoms with Gasteiger partial charge in [-0.2, -0.15) is 0 Å². The van der Waals surface area contributed by atoms with Crippen LogP contribution in [-0.2, 0) is 6.54 Å². The number of methoxy groups -OCH3 is 1. The molecule has 96 valence electrons. The number of nitrogens with zero attached hydrogens (tertiary/aromatic N) is 1. The Morgan fingerprint density at radius 2 is 2.06 bits per heavy atom. The predicted molar refractivity (Wildman–Crippen MR) is 71.0 cm³/mol. The Labute approximate surface area is 107 Å². The Balaban J connectivity index is 2.10. The van der Waals surface area contributed by atoms with E-state index in [0.29, 0.717) is 12.4 Å². The van der Waals surface area contributed by atoms with E-state index in [4.69, 9.17) is 9.15 Å². The smallest absolute Gasteiger partial charge is 0.213 e. The molecule has 18 heavy (non-hydrogen) atoms. The molecule has 0 unspecified atom stereocenters. The molecule has 4 heteroatoms. The van der Waals surface area contributed by atoms with E-state index in [2.05, 4.69) is 10.3 Å². The van der Waals surface area contributed by atoms with Crippen molar-refractivity contribution in [2.24, 2.45) is 0 Å². The lowest BCUT2D eigenvalue weighted by Gasteiger charge is -2.09. The number of nitrogens with one attached hydrogen (secondary N) is 1. The summed E-state index contributed by atoms with van der Waals surface area (Å²) >= 11 is 0. The zero-order valence-corrected chi connectivity index (χ0v) is 11.2. The fraction of sp³-hybridized carbons (Fsp3) is 0.357. The number of hydrogen-bond donors (Lipinski definition) is 1. The Hall–Kier alpha value is -1.97. The molecule has 1 heterocycles. The third kappa shape index (κ3) is 2.64. The van der Waals surface area contributed by atoms with Crippen LogP contribution in [0.15, 0.2) is 22.6 Å². The zero-order chi connectivity index (χ0) is 13.1. The molecule has 4 nitrogen and oxygen atoms in total. The zero-order valence-electron chi connectivity index (χ0n) is 11.2. The minimum Gasteiger partial charge on any atom is -0.497 e. The van der Waals surface area contributed by atoms with Crippen LogP contribution in [0.2, 0.25) is 0 Å². The van der Waals surface area contributed by atoms with E-state index in [9.17, 15) is 0 Å². The first-order valence-electron chi connectivity index (χ1n) is 5.91. The standard InChI is InChI=1S/C14H18N2O2/c1-9-5-6-12(17-4)7-13(9)15-8-14-16-10(2)11(3)18-14/h5-7,15H,8H2,1-4H3. The van der Waals surface area contributed by atoms with Crippen molar-refractivity contribution in [3.05, 3.63) is 41.1 Å². The molecule has 0 spiro atoms. The molecular formula is C14H18N2O2. The van der Waals surface area contributed by atoms with Gasteiger partial charge in [-0.05, 0) is 32.4 Å². The highest BCUT2D eigenvalue weighted by Gasteiger charge is 2.06. The van der Waals surface area contributed by atoms with Gasteiger partial charge in [0.1, 0.15) is 11.5 Å². The maximum Gasteiger partial charge on any atom is 0.213 e. The summed E-state index contributed by atoms with van der Waals surface area (Å²) in [7, 11) is 1.66. The Bertz CT molecular complexity index is 527. The number of aryl methyl sites for hydroxylation is 3. The Morgan fingerprint density at radius 1 is 1.28 bits per heavy atom. The number of rotatable bonds is 4. The quantitative estimate of drug-likeness (QED) is 0.899. The van der Waals surface area contributed by atoms with Gasteiger partial charge >= 0.3 is 0 Å². The largest absolute Gasteiger partial charge is 0.497 e. The molecule has 0 bridgehead atoms. The number of aromatic nitrogens is 1. The maximum absolute atomic E-state index is 5.53. The lowest BCUT2D eigenvalue weighted by atomic mass is 10.2. The van der Waals surface area contributed by atoms with Crippen LogP contribution in [0.3, 0.4) is 0 Å². The van der Waals surface area contributed by atoms with Crippen LogP contribution in [-0.4, -0.2) is 12.1 Å². The first-order valence-corrected chi connectivity index (χ1v) is 5.91. The second-order valence-corrected chi connectivity index (χ2v) is 4.28. The molecular weight excluding hydrogens is 228 g/mol. The van der Waals surface area contributed by atoms with Crippen LogP contribution in [0.1, 0.15) is 22.9 Å². The molecule has 1 aromatic carbocycles. The summed E-state index contributed by atoms with van der Waals surface area (Å²) in [5, 5.41) is 3.31. The van der Waals surface area contributed by atoms with E-state index in [1.165, 1.54) is 0 Å². The monoisotopic (exact) mass is 246 g/mol. The van der Waals surface area contributed by atoms with E-state index in [-0.39, 0.29) is 0 Å². The molecule has 1 aromatic heterocycles. The molecule has 0 amide bonds. The van der Waals surface area contributed by atoms with Gasteiger partial charge in [0.25, 0.3) is 0 Å². The topological polar surface area (TPSA) is 47.3 Å². The van der Waals surface area contributed by atoms with Crippen molar-refractivity contribution in [1.82, 2.24) is 4.98 Å². The lowest BCUT2D eigenvalue weighted by molar-refractivity contribution is 0.415. The van der Waals surface area contributed by atoms with Gasteiger partial charge in [-0.25, -0.2) is 4.98 Å². The lowest BCUT2D eigenvalue weighted by Crippen LogP contribution is -2.01. The van der Waals surface area contributed by atoms with Crippen LogP contribution < -0.4 is 10.1 Å². The summed E-state index contributed by atoms with van der Waals surface area (Å²) in [5.41, 5.74) is 3.13. The third-order valence-electron chi connectivity index (χ3n) is 2.95. The predicted octanol–water partition coefficient (Wildman–Crippen LogP) is 3.22. The molecule has 0 aliphatic carbocycles. The number of hydrogen-bond acceptors (Lipinski definition) is 4. The van der Waals surface area contributed by atoms with Gasteiger partial charge in [-0.1, -0.05) is 6.07 Å². The van der Waals surface area contributed by atoms with Crippen LogP contribution >= 0.6 is 0 Å². The van der Waals surface area contributed by atoms with Crippen molar-refractivity contribution >= 4 is 5.69 Å². The second-order valence-electron chi connectivity index (χ2n) is 4.28. The minimum atomic E-state index is 0.572. The number of benzene rings is 1. The van der Waals surface area contributed by atoms with Crippen molar-refractivity contribution in [1.29, 1.82) is 0 Å². The van der Waals surface area contributed by atoms with Gasteiger partial charge in [0, 0.05) is 11.8 Å². The molecule has 0 saturated heterocycles. The summed E-state index contributed by atoms with van der Waals surface area (Å²) in [6.45, 7) is 6.48. The fourth-order valence-electron chi connectivity index (χ4n) is 1.70. The van der Waals surface area contributed by atoms with Gasteiger partial charge in [-0.3, -0.25) is 0 Å². The summed E-state index contributed by atoms with van der Waals surface area (Å²) in [6, 6.07) is 5.94. The average Bonchev–Trinajstić information content (AvgIpc) is 2.68. The SMILES string of the molecule is COc1ccc(C)c(NCc2nc(C)c(C)o2)c1. The summed E-state index contributed by atoms with van der Waals surface area (Å²) in [4.78, 5) is 4.34. The molecule has 2 aromatic rings. The molecule has 0 atom stereocenters. The molecule has 0 saturated carbocycles. The van der Waals surface area contributed by atoms with Crippen LogP contribution in [0.5, 0.6) is 5.75 Å². The normalized spacial score (nSPS) is 10.4. The van der Waals surface area contributed by atoms with E-state index >= 15 is 0 Å². The first kappa shape index (κ1) is 12.5. The van der Waals surface area contributed by atoms with E-state index in [1.807, 2.05) is 39.0 Å². The third-order valence-corrected chi connectivity index (χ3v) is 2.95. The van der Waals surface area contributed by atoms with Crippen molar-refractivity contribution in [2.45, 2.75) is 27.3 Å². The molecule has 1 N–H and O–H groups in total. The highest BCUT2D eigenvalue weighted by molar-refractivity contribution is 5.54. The van der Waals surface area contributed by atoms with Crippen molar-refractivity contribution < 1.29 is 9.15 Å². The first-order chi connectivity index (χ1) is 8.60. The van der Waals surface area contributed by atoms with E-state index in [1.54, 1.807) is 7.11 Å². The van der Waals surface area contributed by atoms with Crippen molar-refractivity contribution in [3.8, 4) is 5.75 Å². The molecule has 0 radical (unpaired) electrons. The van der Waals surface area contributed by atoms with Gasteiger partial charge < -0.3 is 14.5 Å². The van der Waals surface area contributed by atoms with Gasteiger partial charge in [0.05, 0.1) is 19.3 Å².